The Balaban J connectivity index is 2.02. The number of hydrogen-bond acceptors (Lipinski definition) is 4. The van der Waals surface area contributed by atoms with Crippen molar-refractivity contribution >= 4 is 51.3 Å². The number of thioether (sulfide) groups is 1. The van der Waals surface area contributed by atoms with E-state index in [-0.39, 0.29) is 5.91 Å². The van der Waals surface area contributed by atoms with Crippen LogP contribution in [0.2, 0.25) is 0 Å². The highest BCUT2D eigenvalue weighted by Gasteiger charge is 2.22. The summed E-state index contributed by atoms with van der Waals surface area (Å²) in [6.45, 7) is 0. The van der Waals surface area contributed by atoms with Gasteiger partial charge >= 0.3 is 0 Å². The molecule has 0 aliphatic carbocycles. The highest BCUT2D eigenvalue weighted by atomic mass is 32.2. The molecular formula is C12H7NO2S2. The first-order valence-corrected chi connectivity index (χ1v) is 6.18. The Bertz CT molecular complexity index is 624. The number of nitrogens with one attached hydrogen (secondary N) is 1. The Kier molecular flexibility index (Phi) is 2.49. The third-order valence-electron chi connectivity index (χ3n) is 2.36. The zero-order valence-corrected chi connectivity index (χ0v) is 10.2. The van der Waals surface area contributed by atoms with E-state index >= 15 is 0 Å². The van der Waals surface area contributed by atoms with Crippen molar-refractivity contribution in [2.45, 2.75) is 0 Å². The minimum absolute atomic E-state index is 0.166. The maximum atomic E-state index is 11.5. The predicted molar refractivity (Wildman–Crippen MR) is 72.5 cm³/mol. The van der Waals surface area contributed by atoms with Crippen LogP contribution in [0, 0.1) is 0 Å². The molecule has 0 bridgehead atoms. The first-order valence-electron chi connectivity index (χ1n) is 4.96. The summed E-state index contributed by atoms with van der Waals surface area (Å²) >= 11 is 6.16. The van der Waals surface area contributed by atoms with Crippen LogP contribution in [-0.4, -0.2) is 10.2 Å². The lowest BCUT2D eigenvalue weighted by Gasteiger charge is -1.88. The zero-order chi connectivity index (χ0) is 11.8. The number of carbonyl (C=O) groups is 1. The fraction of sp³-hybridized carbons (Fsp3) is 0. The molecule has 3 rings (SSSR count). The highest BCUT2D eigenvalue weighted by molar-refractivity contribution is 8.26. The van der Waals surface area contributed by atoms with E-state index < -0.39 is 0 Å². The van der Waals surface area contributed by atoms with Gasteiger partial charge in [0.2, 0.25) is 0 Å². The van der Waals surface area contributed by atoms with Crippen molar-refractivity contribution in [3.8, 4) is 0 Å². The lowest BCUT2D eigenvalue weighted by molar-refractivity contribution is -0.115. The number of carbonyl (C=O) groups excluding carboxylic acids is 1. The molecule has 2 heterocycles. The van der Waals surface area contributed by atoms with E-state index in [2.05, 4.69) is 5.32 Å². The molecule has 0 atom stereocenters. The normalized spacial score (nSPS) is 18.0. The van der Waals surface area contributed by atoms with Crippen LogP contribution in [0.3, 0.4) is 0 Å². The number of amides is 1. The number of thiocarbonyl (C=S) groups is 1. The van der Waals surface area contributed by atoms with E-state index in [1.54, 1.807) is 6.08 Å². The molecule has 1 fully saturated rings. The van der Waals surface area contributed by atoms with Crippen LogP contribution in [0.4, 0.5) is 0 Å². The third-order valence-corrected chi connectivity index (χ3v) is 3.52. The smallest absolute Gasteiger partial charge is 0.263 e. The number of furan rings is 1. The van der Waals surface area contributed by atoms with Gasteiger partial charge in [0.15, 0.2) is 0 Å². The van der Waals surface area contributed by atoms with E-state index in [1.807, 2.05) is 30.3 Å². The Labute approximate surface area is 107 Å². The van der Waals surface area contributed by atoms with Gasteiger partial charge in [0.25, 0.3) is 5.91 Å². The molecule has 3 nitrogen and oxygen atoms in total. The first kappa shape index (κ1) is 10.6. The van der Waals surface area contributed by atoms with Crippen LogP contribution in [0.5, 0.6) is 0 Å². The Morgan fingerprint density at radius 1 is 1.35 bits per heavy atom. The number of fused-ring (bicyclic) bond motifs is 1. The Morgan fingerprint density at radius 2 is 2.18 bits per heavy atom. The topological polar surface area (TPSA) is 42.2 Å². The number of hydrogen-bond donors (Lipinski definition) is 1. The van der Waals surface area contributed by atoms with Gasteiger partial charge < -0.3 is 9.73 Å². The van der Waals surface area contributed by atoms with Gasteiger partial charge in [-0.25, -0.2) is 0 Å². The lowest BCUT2D eigenvalue weighted by Crippen LogP contribution is -2.17. The van der Waals surface area contributed by atoms with Crippen LogP contribution in [0.1, 0.15) is 5.76 Å². The van der Waals surface area contributed by atoms with Crippen molar-refractivity contribution in [3.05, 3.63) is 41.0 Å². The Morgan fingerprint density at radius 3 is 2.88 bits per heavy atom. The molecule has 0 spiro atoms. The maximum Gasteiger partial charge on any atom is 0.263 e. The maximum absolute atomic E-state index is 11.5. The summed E-state index contributed by atoms with van der Waals surface area (Å²) in [5.41, 5.74) is 0.810. The molecule has 1 aliphatic heterocycles. The summed E-state index contributed by atoms with van der Waals surface area (Å²) in [6, 6.07) is 9.62. The summed E-state index contributed by atoms with van der Waals surface area (Å²) in [7, 11) is 0. The summed E-state index contributed by atoms with van der Waals surface area (Å²) in [5.74, 6) is 0.494. The highest BCUT2D eigenvalue weighted by Crippen LogP contribution is 2.28. The van der Waals surface area contributed by atoms with Gasteiger partial charge in [-0.15, -0.1) is 0 Å². The van der Waals surface area contributed by atoms with Crippen LogP contribution >= 0.6 is 24.0 Å². The molecule has 1 aromatic carbocycles. The summed E-state index contributed by atoms with van der Waals surface area (Å²) in [5, 5.41) is 3.59. The van der Waals surface area contributed by atoms with Crippen LogP contribution in [0.25, 0.3) is 17.0 Å². The standard InChI is InChI=1S/C12H7NO2S2/c14-11-10(17-12(16)13-11)6-8-5-7-3-1-2-4-9(7)15-8/h1-6H,(H,13,14,16). The fourth-order valence-electron chi connectivity index (χ4n) is 1.62. The second-order valence-corrected chi connectivity index (χ2v) is 5.26. The average molecular weight is 261 g/mol. The fourth-order valence-corrected chi connectivity index (χ4v) is 2.65. The molecule has 17 heavy (non-hydrogen) atoms. The molecule has 84 valence electrons. The molecular weight excluding hydrogens is 254 g/mol. The van der Waals surface area contributed by atoms with Crippen LogP contribution < -0.4 is 5.32 Å². The van der Waals surface area contributed by atoms with Crippen molar-refractivity contribution in [3.63, 3.8) is 0 Å². The predicted octanol–water partition coefficient (Wildman–Crippen LogP) is 2.92. The van der Waals surface area contributed by atoms with Gasteiger partial charge in [0, 0.05) is 11.5 Å². The van der Waals surface area contributed by atoms with E-state index in [1.165, 1.54) is 11.8 Å². The van der Waals surface area contributed by atoms with Gasteiger partial charge in [-0.3, -0.25) is 4.79 Å². The molecule has 5 heteroatoms. The average Bonchev–Trinajstić information content (AvgIpc) is 2.82. The molecule has 1 saturated heterocycles. The van der Waals surface area contributed by atoms with Gasteiger partial charge in [0.05, 0.1) is 4.91 Å². The van der Waals surface area contributed by atoms with Crippen molar-refractivity contribution < 1.29 is 9.21 Å². The van der Waals surface area contributed by atoms with Gasteiger partial charge in [-0.1, -0.05) is 42.2 Å². The van der Waals surface area contributed by atoms with Gasteiger partial charge in [0.1, 0.15) is 15.7 Å². The second-order valence-electron chi connectivity index (χ2n) is 3.54. The van der Waals surface area contributed by atoms with Crippen molar-refractivity contribution in [1.82, 2.24) is 5.32 Å². The number of para-hydroxylation sites is 1. The van der Waals surface area contributed by atoms with E-state index in [0.717, 1.165) is 11.0 Å². The molecule has 1 N–H and O–H groups in total. The van der Waals surface area contributed by atoms with Crippen molar-refractivity contribution in [2.24, 2.45) is 0 Å². The molecule has 2 aromatic rings. The van der Waals surface area contributed by atoms with Crippen LogP contribution in [0.15, 0.2) is 39.7 Å². The molecule has 0 unspecified atom stereocenters. The SMILES string of the molecule is O=C1NC(=S)SC1=Cc1cc2ccccc2o1. The van der Waals surface area contributed by atoms with Gasteiger partial charge in [-0.05, 0) is 12.1 Å². The first-order chi connectivity index (χ1) is 8.22. The van der Waals surface area contributed by atoms with E-state index in [0.29, 0.717) is 15.0 Å². The van der Waals surface area contributed by atoms with Crippen molar-refractivity contribution in [2.75, 3.05) is 0 Å². The van der Waals surface area contributed by atoms with Gasteiger partial charge in [-0.2, -0.15) is 0 Å². The third kappa shape index (κ3) is 1.99. The number of benzene rings is 1. The quantitative estimate of drug-likeness (QED) is 0.633. The monoisotopic (exact) mass is 261 g/mol. The van der Waals surface area contributed by atoms with E-state index in [4.69, 9.17) is 16.6 Å². The minimum atomic E-state index is -0.166. The molecule has 0 saturated carbocycles. The largest absolute Gasteiger partial charge is 0.457 e. The lowest BCUT2D eigenvalue weighted by atomic mass is 10.2. The summed E-state index contributed by atoms with van der Waals surface area (Å²) < 4.78 is 6.08. The minimum Gasteiger partial charge on any atom is -0.457 e. The molecule has 1 aromatic heterocycles. The second kappa shape index (κ2) is 4.01. The molecule has 1 aliphatic rings. The molecule has 0 radical (unpaired) electrons. The Hall–Kier alpha value is -1.59. The van der Waals surface area contributed by atoms with Crippen LogP contribution in [-0.2, 0) is 4.79 Å². The summed E-state index contributed by atoms with van der Waals surface area (Å²) in [6.07, 6.45) is 1.71. The van der Waals surface area contributed by atoms with E-state index in [9.17, 15) is 4.79 Å². The number of rotatable bonds is 1. The zero-order valence-electron chi connectivity index (χ0n) is 8.60. The van der Waals surface area contributed by atoms with Crippen molar-refractivity contribution in [1.29, 1.82) is 0 Å². The summed E-state index contributed by atoms with van der Waals surface area (Å²) in [4.78, 5) is 12.0. The molecule has 1 amide bonds.